The van der Waals surface area contributed by atoms with Crippen LogP contribution in [0.5, 0.6) is 0 Å². The zero-order valence-corrected chi connectivity index (χ0v) is 12.6. The van der Waals surface area contributed by atoms with Gasteiger partial charge >= 0.3 is 5.97 Å². The number of methoxy groups -OCH3 is 1. The molecule has 1 rings (SSSR count). The van der Waals surface area contributed by atoms with Crippen LogP contribution < -0.4 is 11.1 Å². The smallest absolute Gasteiger partial charge is 0.355 e. The third kappa shape index (κ3) is 5.86. The maximum absolute atomic E-state index is 11.9. The van der Waals surface area contributed by atoms with E-state index in [-0.39, 0.29) is 12.5 Å². The number of nitrogens with two attached hydrogens (primary N) is 1. The zero-order valence-electron chi connectivity index (χ0n) is 12.6. The van der Waals surface area contributed by atoms with E-state index in [9.17, 15) is 9.59 Å². The van der Waals surface area contributed by atoms with E-state index < -0.39 is 5.97 Å². The largest absolute Gasteiger partial charge is 0.451 e. The van der Waals surface area contributed by atoms with Gasteiger partial charge in [-0.25, -0.2) is 4.79 Å². The number of nitrogen functional groups attached to an aromatic ring is 1. The maximum atomic E-state index is 11.9. The molecule has 0 aliphatic rings. The molecule has 0 bridgehead atoms. The summed E-state index contributed by atoms with van der Waals surface area (Å²) in [6.07, 6.45) is 3.27. The van der Waals surface area contributed by atoms with Crippen LogP contribution >= 0.6 is 0 Å². The summed E-state index contributed by atoms with van der Waals surface area (Å²) in [5.74, 6) is -0.881. The molecule has 0 atom stereocenters. The highest BCUT2D eigenvalue weighted by Gasteiger charge is 2.15. The molecule has 0 aliphatic carbocycles. The van der Waals surface area contributed by atoms with Crippen LogP contribution in [0.25, 0.3) is 0 Å². The first-order valence-corrected chi connectivity index (χ1v) is 6.96. The van der Waals surface area contributed by atoms with E-state index in [1.165, 1.54) is 0 Å². The molecule has 0 aromatic carbocycles. The predicted molar refractivity (Wildman–Crippen MR) is 78.9 cm³/mol. The Morgan fingerprint density at radius 2 is 2.19 bits per heavy atom. The fourth-order valence-electron chi connectivity index (χ4n) is 1.83. The van der Waals surface area contributed by atoms with Gasteiger partial charge in [-0.15, -0.1) is 0 Å². The lowest BCUT2D eigenvalue weighted by molar-refractivity contribution is -0.124. The van der Waals surface area contributed by atoms with E-state index in [1.807, 2.05) is 6.92 Å². The Morgan fingerprint density at radius 1 is 1.43 bits per heavy atom. The SMILES string of the molecule is CCCn1cc(N)cc1C(=O)OCC(=O)NCCCOC. The molecule has 0 aliphatic heterocycles. The van der Waals surface area contributed by atoms with E-state index >= 15 is 0 Å². The molecule has 1 aromatic heterocycles. The van der Waals surface area contributed by atoms with Gasteiger partial charge in [0.05, 0.1) is 5.69 Å². The standard InChI is InChI=1S/C14H23N3O4/c1-3-6-17-9-11(15)8-12(17)14(19)21-10-13(18)16-5-4-7-20-2/h8-9H,3-7,10,15H2,1-2H3,(H,16,18). The highest BCUT2D eigenvalue weighted by Crippen LogP contribution is 2.12. The molecule has 0 saturated heterocycles. The molecule has 0 spiro atoms. The van der Waals surface area contributed by atoms with Gasteiger partial charge in [-0.05, 0) is 18.9 Å². The Bertz CT molecular complexity index is 471. The van der Waals surface area contributed by atoms with Crippen molar-refractivity contribution < 1.29 is 19.1 Å². The van der Waals surface area contributed by atoms with Gasteiger partial charge in [0, 0.05) is 33.0 Å². The number of esters is 1. The number of anilines is 1. The first-order valence-electron chi connectivity index (χ1n) is 6.96. The van der Waals surface area contributed by atoms with Crippen molar-refractivity contribution in [1.29, 1.82) is 0 Å². The molecular formula is C14H23N3O4. The summed E-state index contributed by atoms with van der Waals surface area (Å²) in [6.45, 7) is 3.43. The molecule has 118 valence electrons. The number of rotatable bonds is 9. The second kappa shape index (κ2) is 9.02. The minimum absolute atomic E-state index is 0.303. The Morgan fingerprint density at radius 3 is 2.86 bits per heavy atom. The van der Waals surface area contributed by atoms with Gasteiger partial charge in [0.1, 0.15) is 5.69 Å². The van der Waals surface area contributed by atoms with Crippen molar-refractivity contribution >= 4 is 17.6 Å². The van der Waals surface area contributed by atoms with Crippen LogP contribution in [0.3, 0.4) is 0 Å². The van der Waals surface area contributed by atoms with Gasteiger partial charge in [-0.1, -0.05) is 6.92 Å². The Kier molecular flexibility index (Phi) is 7.31. The van der Waals surface area contributed by atoms with Gasteiger partial charge in [0.25, 0.3) is 5.91 Å². The molecule has 1 amide bonds. The summed E-state index contributed by atoms with van der Waals surface area (Å²) in [5.41, 5.74) is 6.54. The van der Waals surface area contributed by atoms with Crippen molar-refractivity contribution in [3.8, 4) is 0 Å². The zero-order chi connectivity index (χ0) is 15.7. The van der Waals surface area contributed by atoms with Gasteiger partial charge in [-0.3, -0.25) is 4.79 Å². The average Bonchev–Trinajstić information content (AvgIpc) is 2.82. The summed E-state index contributed by atoms with van der Waals surface area (Å²) in [7, 11) is 1.60. The number of amides is 1. The average molecular weight is 297 g/mol. The predicted octanol–water partition coefficient (Wildman–Crippen LogP) is 0.790. The highest BCUT2D eigenvalue weighted by molar-refractivity contribution is 5.91. The van der Waals surface area contributed by atoms with Crippen molar-refractivity contribution in [2.45, 2.75) is 26.3 Å². The molecule has 0 fully saturated rings. The van der Waals surface area contributed by atoms with Gasteiger partial charge < -0.3 is 25.1 Å². The minimum Gasteiger partial charge on any atom is -0.451 e. The second-order valence-electron chi connectivity index (χ2n) is 4.62. The van der Waals surface area contributed by atoms with Gasteiger partial charge in [-0.2, -0.15) is 0 Å². The van der Waals surface area contributed by atoms with E-state index in [0.29, 0.717) is 37.5 Å². The third-order valence-corrected chi connectivity index (χ3v) is 2.77. The van der Waals surface area contributed by atoms with Gasteiger partial charge in [0.2, 0.25) is 0 Å². The lowest BCUT2D eigenvalue weighted by Crippen LogP contribution is -2.30. The number of nitrogens with zero attached hydrogens (tertiary/aromatic N) is 1. The molecule has 21 heavy (non-hydrogen) atoms. The van der Waals surface area contributed by atoms with Crippen LogP contribution in [0.4, 0.5) is 5.69 Å². The minimum atomic E-state index is -0.549. The number of hydrogen-bond acceptors (Lipinski definition) is 5. The van der Waals surface area contributed by atoms with Crippen LogP contribution in [0, 0.1) is 0 Å². The number of aryl methyl sites for hydroxylation is 1. The molecule has 1 aromatic rings. The van der Waals surface area contributed by atoms with Crippen LogP contribution in [-0.4, -0.2) is 43.3 Å². The molecule has 3 N–H and O–H groups in total. The van der Waals surface area contributed by atoms with Crippen molar-refractivity contribution in [2.75, 3.05) is 32.6 Å². The number of carbonyl (C=O) groups excluding carboxylic acids is 2. The molecule has 0 unspecified atom stereocenters. The summed E-state index contributed by atoms with van der Waals surface area (Å²) in [4.78, 5) is 23.4. The lowest BCUT2D eigenvalue weighted by Gasteiger charge is -2.08. The van der Waals surface area contributed by atoms with E-state index in [2.05, 4.69) is 5.32 Å². The van der Waals surface area contributed by atoms with Crippen molar-refractivity contribution in [2.24, 2.45) is 0 Å². The molecule has 7 nitrogen and oxygen atoms in total. The number of ether oxygens (including phenoxy) is 2. The van der Waals surface area contributed by atoms with Crippen LogP contribution in [0.15, 0.2) is 12.3 Å². The second-order valence-corrected chi connectivity index (χ2v) is 4.62. The molecule has 0 radical (unpaired) electrons. The van der Waals surface area contributed by atoms with E-state index in [0.717, 1.165) is 6.42 Å². The van der Waals surface area contributed by atoms with Crippen molar-refractivity contribution in [1.82, 2.24) is 9.88 Å². The number of nitrogens with one attached hydrogen (secondary N) is 1. The van der Waals surface area contributed by atoms with E-state index in [1.54, 1.807) is 23.9 Å². The number of carbonyl (C=O) groups is 2. The Hall–Kier alpha value is -2.02. The summed E-state index contributed by atoms with van der Waals surface area (Å²) in [6, 6.07) is 1.55. The highest BCUT2D eigenvalue weighted by atomic mass is 16.5. The number of hydrogen-bond donors (Lipinski definition) is 2. The Balaban J connectivity index is 2.41. The quantitative estimate of drug-likeness (QED) is 0.519. The molecular weight excluding hydrogens is 274 g/mol. The first-order chi connectivity index (χ1) is 10.1. The topological polar surface area (TPSA) is 95.6 Å². The fourth-order valence-corrected chi connectivity index (χ4v) is 1.83. The third-order valence-electron chi connectivity index (χ3n) is 2.77. The van der Waals surface area contributed by atoms with E-state index in [4.69, 9.17) is 15.2 Å². The van der Waals surface area contributed by atoms with Gasteiger partial charge in [0.15, 0.2) is 6.61 Å². The maximum Gasteiger partial charge on any atom is 0.355 e. The van der Waals surface area contributed by atoms with Crippen molar-refractivity contribution in [3.05, 3.63) is 18.0 Å². The monoisotopic (exact) mass is 297 g/mol. The van der Waals surface area contributed by atoms with Crippen LogP contribution in [0.1, 0.15) is 30.3 Å². The first kappa shape index (κ1) is 17.0. The summed E-state index contributed by atoms with van der Waals surface area (Å²) < 4.78 is 11.6. The molecule has 1 heterocycles. The Labute approximate surface area is 124 Å². The fraction of sp³-hybridized carbons (Fsp3) is 0.571. The van der Waals surface area contributed by atoms with Crippen LogP contribution in [0.2, 0.25) is 0 Å². The van der Waals surface area contributed by atoms with Crippen LogP contribution in [-0.2, 0) is 20.8 Å². The molecule has 7 heteroatoms. The number of aromatic nitrogens is 1. The summed E-state index contributed by atoms with van der Waals surface area (Å²) in [5, 5.41) is 2.64. The normalized spacial score (nSPS) is 10.4. The molecule has 0 saturated carbocycles. The summed E-state index contributed by atoms with van der Waals surface area (Å²) >= 11 is 0. The van der Waals surface area contributed by atoms with Crippen molar-refractivity contribution in [3.63, 3.8) is 0 Å². The lowest BCUT2D eigenvalue weighted by atomic mass is 10.4.